The van der Waals surface area contributed by atoms with Crippen LogP contribution in [0.15, 0.2) is 36.5 Å². The van der Waals surface area contributed by atoms with Crippen molar-refractivity contribution in [3.8, 4) is 17.0 Å². The molecule has 76 valence electrons. The van der Waals surface area contributed by atoms with Gasteiger partial charge in [-0.15, -0.1) is 0 Å². The standard InChI is InChI=1S/C12H10FNO/c1-8-4-5-9(13)7-10(8)12-11(15)3-2-6-14-12/h2-7,15H,1H3. The Morgan fingerprint density at radius 1 is 1.27 bits per heavy atom. The van der Waals surface area contributed by atoms with E-state index in [4.69, 9.17) is 0 Å². The number of hydrogen-bond donors (Lipinski definition) is 1. The van der Waals surface area contributed by atoms with Crippen LogP contribution in [0.1, 0.15) is 5.56 Å². The molecule has 2 nitrogen and oxygen atoms in total. The maximum atomic E-state index is 13.1. The second kappa shape index (κ2) is 3.69. The Bertz CT molecular complexity index is 497. The summed E-state index contributed by atoms with van der Waals surface area (Å²) in [5.74, 6) is -0.271. The third-order valence-corrected chi connectivity index (χ3v) is 2.24. The van der Waals surface area contributed by atoms with E-state index in [0.717, 1.165) is 5.56 Å². The van der Waals surface area contributed by atoms with Gasteiger partial charge in [-0.3, -0.25) is 4.98 Å². The minimum atomic E-state index is -0.333. The van der Waals surface area contributed by atoms with Crippen molar-refractivity contribution in [2.45, 2.75) is 6.92 Å². The third kappa shape index (κ3) is 1.81. The van der Waals surface area contributed by atoms with E-state index in [-0.39, 0.29) is 11.6 Å². The molecule has 0 saturated carbocycles. The lowest BCUT2D eigenvalue weighted by Crippen LogP contribution is -1.88. The van der Waals surface area contributed by atoms with Gasteiger partial charge in [-0.25, -0.2) is 4.39 Å². The van der Waals surface area contributed by atoms with Gasteiger partial charge in [0.2, 0.25) is 0 Å². The van der Waals surface area contributed by atoms with Crippen molar-refractivity contribution in [3.63, 3.8) is 0 Å². The first-order valence-corrected chi connectivity index (χ1v) is 4.59. The molecule has 0 spiro atoms. The van der Waals surface area contributed by atoms with Crippen molar-refractivity contribution in [2.75, 3.05) is 0 Å². The van der Waals surface area contributed by atoms with Crippen LogP contribution in [-0.4, -0.2) is 10.1 Å². The molecule has 0 aliphatic heterocycles. The molecule has 1 aromatic heterocycles. The minimum absolute atomic E-state index is 0.0613. The summed E-state index contributed by atoms with van der Waals surface area (Å²) < 4.78 is 13.1. The molecule has 0 bridgehead atoms. The van der Waals surface area contributed by atoms with Gasteiger partial charge in [-0.1, -0.05) is 6.07 Å². The zero-order valence-corrected chi connectivity index (χ0v) is 8.24. The summed E-state index contributed by atoms with van der Waals surface area (Å²) >= 11 is 0. The normalized spacial score (nSPS) is 10.3. The van der Waals surface area contributed by atoms with Gasteiger partial charge in [0.25, 0.3) is 0 Å². The highest BCUT2D eigenvalue weighted by Crippen LogP contribution is 2.29. The van der Waals surface area contributed by atoms with E-state index in [0.29, 0.717) is 11.3 Å². The topological polar surface area (TPSA) is 33.1 Å². The highest BCUT2D eigenvalue weighted by molar-refractivity contribution is 5.68. The molecule has 0 radical (unpaired) electrons. The maximum Gasteiger partial charge on any atom is 0.141 e. The molecular weight excluding hydrogens is 193 g/mol. The van der Waals surface area contributed by atoms with Crippen molar-refractivity contribution in [3.05, 3.63) is 47.9 Å². The first-order valence-electron chi connectivity index (χ1n) is 4.59. The quantitative estimate of drug-likeness (QED) is 0.773. The van der Waals surface area contributed by atoms with Gasteiger partial charge in [0, 0.05) is 11.8 Å². The molecule has 0 aliphatic carbocycles. The highest BCUT2D eigenvalue weighted by atomic mass is 19.1. The Morgan fingerprint density at radius 3 is 2.80 bits per heavy atom. The van der Waals surface area contributed by atoms with Crippen LogP contribution in [0.25, 0.3) is 11.3 Å². The molecule has 3 heteroatoms. The second-order valence-corrected chi connectivity index (χ2v) is 3.33. The van der Waals surface area contributed by atoms with Gasteiger partial charge in [0.15, 0.2) is 0 Å². The van der Waals surface area contributed by atoms with Crippen LogP contribution in [0, 0.1) is 12.7 Å². The lowest BCUT2D eigenvalue weighted by Gasteiger charge is -2.06. The number of nitrogens with zero attached hydrogens (tertiary/aromatic N) is 1. The number of benzene rings is 1. The second-order valence-electron chi connectivity index (χ2n) is 3.33. The van der Waals surface area contributed by atoms with Crippen molar-refractivity contribution >= 4 is 0 Å². The first kappa shape index (κ1) is 9.65. The van der Waals surface area contributed by atoms with Crippen LogP contribution in [-0.2, 0) is 0 Å². The summed E-state index contributed by atoms with van der Waals surface area (Å²) in [6.07, 6.45) is 1.57. The van der Waals surface area contributed by atoms with E-state index < -0.39 is 0 Å². The Morgan fingerprint density at radius 2 is 2.07 bits per heavy atom. The third-order valence-electron chi connectivity index (χ3n) is 2.24. The summed E-state index contributed by atoms with van der Waals surface area (Å²) in [6, 6.07) is 7.59. The smallest absolute Gasteiger partial charge is 0.141 e. The molecule has 1 aromatic carbocycles. The summed E-state index contributed by atoms with van der Waals surface area (Å²) in [5, 5.41) is 9.59. The van der Waals surface area contributed by atoms with Crippen LogP contribution in [0.5, 0.6) is 5.75 Å². The summed E-state index contributed by atoms with van der Waals surface area (Å²) in [5.41, 5.74) is 1.91. The monoisotopic (exact) mass is 203 g/mol. The van der Waals surface area contributed by atoms with Crippen molar-refractivity contribution in [1.29, 1.82) is 0 Å². The van der Waals surface area contributed by atoms with Gasteiger partial charge in [-0.2, -0.15) is 0 Å². The number of aryl methyl sites for hydroxylation is 1. The lowest BCUT2D eigenvalue weighted by atomic mass is 10.0. The molecule has 1 heterocycles. The SMILES string of the molecule is Cc1ccc(F)cc1-c1ncccc1O. The Hall–Kier alpha value is -1.90. The van der Waals surface area contributed by atoms with E-state index in [9.17, 15) is 9.50 Å². The van der Waals surface area contributed by atoms with Crippen LogP contribution < -0.4 is 0 Å². The van der Waals surface area contributed by atoms with Gasteiger partial charge in [-0.05, 0) is 36.8 Å². The fourth-order valence-electron chi connectivity index (χ4n) is 1.45. The van der Waals surface area contributed by atoms with Crippen molar-refractivity contribution in [1.82, 2.24) is 4.98 Å². The van der Waals surface area contributed by atoms with Crippen molar-refractivity contribution < 1.29 is 9.50 Å². The predicted molar refractivity (Wildman–Crippen MR) is 56.0 cm³/mol. The number of pyridine rings is 1. The average Bonchev–Trinajstić information content (AvgIpc) is 2.23. The number of aromatic nitrogens is 1. The van der Waals surface area contributed by atoms with Crippen LogP contribution >= 0.6 is 0 Å². The molecule has 0 aliphatic rings. The van der Waals surface area contributed by atoms with Gasteiger partial charge in [0.05, 0.1) is 0 Å². The summed E-state index contributed by atoms with van der Waals surface area (Å²) in [7, 11) is 0. The fraction of sp³-hybridized carbons (Fsp3) is 0.0833. The molecule has 1 N–H and O–H groups in total. The largest absolute Gasteiger partial charge is 0.506 e. The van der Waals surface area contributed by atoms with E-state index >= 15 is 0 Å². The van der Waals surface area contributed by atoms with Gasteiger partial charge >= 0.3 is 0 Å². The number of rotatable bonds is 1. The Kier molecular flexibility index (Phi) is 2.37. The van der Waals surface area contributed by atoms with Crippen LogP contribution in [0.3, 0.4) is 0 Å². The Labute approximate surface area is 87.0 Å². The van der Waals surface area contributed by atoms with Crippen LogP contribution in [0.2, 0.25) is 0 Å². The lowest BCUT2D eigenvalue weighted by molar-refractivity contribution is 0.475. The molecule has 15 heavy (non-hydrogen) atoms. The molecule has 2 aromatic rings. The van der Waals surface area contributed by atoms with Gasteiger partial charge in [0.1, 0.15) is 17.3 Å². The average molecular weight is 203 g/mol. The molecule has 0 unspecified atom stereocenters. The predicted octanol–water partition coefficient (Wildman–Crippen LogP) is 2.90. The molecule has 2 rings (SSSR count). The summed E-state index contributed by atoms with van der Waals surface area (Å²) in [4.78, 5) is 4.03. The molecular formula is C12H10FNO. The summed E-state index contributed by atoms with van der Waals surface area (Å²) in [6.45, 7) is 1.85. The zero-order valence-electron chi connectivity index (χ0n) is 8.24. The first-order chi connectivity index (χ1) is 7.18. The Balaban J connectivity index is 2.64. The molecule has 0 fully saturated rings. The zero-order chi connectivity index (χ0) is 10.8. The van der Waals surface area contributed by atoms with E-state index in [2.05, 4.69) is 4.98 Å². The van der Waals surface area contributed by atoms with Gasteiger partial charge < -0.3 is 5.11 Å². The van der Waals surface area contributed by atoms with Crippen LogP contribution in [0.4, 0.5) is 4.39 Å². The fourth-order valence-corrected chi connectivity index (χ4v) is 1.45. The number of halogens is 1. The van der Waals surface area contributed by atoms with Crippen molar-refractivity contribution in [2.24, 2.45) is 0 Å². The highest BCUT2D eigenvalue weighted by Gasteiger charge is 2.08. The van der Waals surface area contributed by atoms with E-state index in [1.54, 1.807) is 18.3 Å². The number of hydrogen-bond acceptors (Lipinski definition) is 2. The van der Waals surface area contributed by atoms with E-state index in [1.807, 2.05) is 6.92 Å². The molecule has 0 saturated heterocycles. The molecule has 0 atom stereocenters. The maximum absolute atomic E-state index is 13.1. The van der Waals surface area contributed by atoms with E-state index in [1.165, 1.54) is 18.2 Å². The minimum Gasteiger partial charge on any atom is -0.506 e. The molecule has 0 amide bonds. The number of aromatic hydroxyl groups is 1.